The number of rotatable bonds is 3. The Balaban J connectivity index is 1.71. The van der Waals surface area contributed by atoms with E-state index in [2.05, 4.69) is 0 Å². The average Bonchev–Trinajstić information content (AvgIpc) is 2.40. The number of carbonyl (C=O) groups is 1. The van der Waals surface area contributed by atoms with Gasteiger partial charge in [-0.25, -0.2) is 0 Å². The lowest BCUT2D eigenvalue weighted by Gasteiger charge is -2.35. The maximum Gasteiger partial charge on any atom is 0.305 e. The summed E-state index contributed by atoms with van der Waals surface area (Å²) >= 11 is 0. The zero-order valence-corrected chi connectivity index (χ0v) is 11.1. The minimum absolute atomic E-state index is 0.0221. The Kier molecular flexibility index (Phi) is 4.87. The van der Waals surface area contributed by atoms with Crippen molar-refractivity contribution in [1.29, 1.82) is 0 Å². The van der Waals surface area contributed by atoms with Crippen molar-refractivity contribution in [1.82, 2.24) is 0 Å². The fraction of sp³-hybridized carbons (Fsp3) is 0.933. The lowest BCUT2D eigenvalue weighted by Crippen LogP contribution is -2.28. The van der Waals surface area contributed by atoms with Crippen molar-refractivity contribution in [3.8, 4) is 0 Å². The molecule has 0 aromatic rings. The fourth-order valence-electron chi connectivity index (χ4n) is 3.55. The van der Waals surface area contributed by atoms with E-state index in [-0.39, 0.29) is 12.1 Å². The fourth-order valence-corrected chi connectivity index (χ4v) is 3.55. The zero-order chi connectivity index (χ0) is 12.1. The molecule has 0 N–H and O–H groups in total. The Labute approximate surface area is 105 Å². The average molecular weight is 238 g/mol. The van der Waals surface area contributed by atoms with Gasteiger partial charge in [0.05, 0.1) is 0 Å². The predicted octanol–water partition coefficient (Wildman–Crippen LogP) is 4.08. The van der Waals surface area contributed by atoms with E-state index in [1.165, 1.54) is 44.9 Å². The molecular formula is C15H26O2. The predicted molar refractivity (Wildman–Crippen MR) is 68.7 cm³/mol. The molecule has 2 fully saturated rings. The molecule has 17 heavy (non-hydrogen) atoms. The van der Waals surface area contributed by atoms with Gasteiger partial charge in [0.1, 0.15) is 6.10 Å². The van der Waals surface area contributed by atoms with Gasteiger partial charge < -0.3 is 4.74 Å². The molecule has 0 heterocycles. The highest BCUT2D eigenvalue weighted by Gasteiger charge is 2.29. The van der Waals surface area contributed by atoms with E-state index < -0.39 is 0 Å². The first-order valence-corrected chi connectivity index (χ1v) is 7.49. The second-order valence-electron chi connectivity index (χ2n) is 5.78. The van der Waals surface area contributed by atoms with Crippen LogP contribution in [-0.2, 0) is 9.53 Å². The van der Waals surface area contributed by atoms with Gasteiger partial charge in [0, 0.05) is 6.42 Å². The van der Waals surface area contributed by atoms with Gasteiger partial charge in [-0.3, -0.25) is 4.79 Å². The molecule has 0 amide bonds. The Morgan fingerprint density at radius 3 is 2.12 bits per heavy atom. The smallest absolute Gasteiger partial charge is 0.305 e. The SMILES string of the molecule is CCC(=O)OC1CCC(C2CCCCC2)CC1. The van der Waals surface area contributed by atoms with Crippen LogP contribution in [0.1, 0.15) is 71.1 Å². The van der Waals surface area contributed by atoms with Crippen LogP contribution < -0.4 is 0 Å². The van der Waals surface area contributed by atoms with Crippen molar-refractivity contribution < 1.29 is 9.53 Å². The normalized spacial score (nSPS) is 31.1. The second-order valence-corrected chi connectivity index (χ2v) is 5.78. The summed E-state index contributed by atoms with van der Waals surface area (Å²) in [4.78, 5) is 11.2. The van der Waals surface area contributed by atoms with E-state index >= 15 is 0 Å². The highest BCUT2D eigenvalue weighted by molar-refractivity contribution is 5.69. The summed E-state index contributed by atoms with van der Waals surface area (Å²) in [6.07, 6.45) is 12.7. The third-order valence-corrected chi connectivity index (χ3v) is 4.62. The molecule has 2 saturated carbocycles. The van der Waals surface area contributed by atoms with Gasteiger partial charge in [-0.1, -0.05) is 39.0 Å². The standard InChI is InChI=1S/C15H26O2/c1-2-15(16)17-14-10-8-13(9-11-14)12-6-4-3-5-7-12/h12-14H,2-11H2,1H3. The van der Waals surface area contributed by atoms with E-state index in [9.17, 15) is 4.79 Å². The number of esters is 1. The van der Waals surface area contributed by atoms with E-state index in [0.29, 0.717) is 6.42 Å². The maximum atomic E-state index is 11.2. The largest absolute Gasteiger partial charge is 0.462 e. The molecule has 0 bridgehead atoms. The van der Waals surface area contributed by atoms with Gasteiger partial charge in [-0.05, 0) is 37.5 Å². The van der Waals surface area contributed by atoms with Gasteiger partial charge in [0.2, 0.25) is 0 Å². The first kappa shape index (κ1) is 12.9. The summed E-state index contributed by atoms with van der Waals surface area (Å²) in [5.74, 6) is 1.88. The molecule has 2 nitrogen and oxygen atoms in total. The lowest BCUT2D eigenvalue weighted by atomic mass is 9.73. The number of carbonyl (C=O) groups excluding carboxylic acids is 1. The van der Waals surface area contributed by atoms with Crippen molar-refractivity contribution in [3.63, 3.8) is 0 Å². The molecule has 0 atom stereocenters. The first-order valence-electron chi connectivity index (χ1n) is 7.49. The molecular weight excluding hydrogens is 212 g/mol. The van der Waals surface area contributed by atoms with Crippen LogP contribution in [0.15, 0.2) is 0 Å². The number of hydrogen-bond acceptors (Lipinski definition) is 2. The highest BCUT2D eigenvalue weighted by Crippen LogP contribution is 2.38. The number of hydrogen-bond donors (Lipinski definition) is 0. The van der Waals surface area contributed by atoms with Crippen LogP contribution in [0.2, 0.25) is 0 Å². The maximum absolute atomic E-state index is 11.2. The Morgan fingerprint density at radius 1 is 0.941 bits per heavy atom. The van der Waals surface area contributed by atoms with E-state index in [1.54, 1.807) is 0 Å². The summed E-state index contributed by atoms with van der Waals surface area (Å²) in [6, 6.07) is 0. The minimum atomic E-state index is -0.0221. The molecule has 0 spiro atoms. The van der Waals surface area contributed by atoms with Crippen LogP contribution in [0, 0.1) is 11.8 Å². The molecule has 0 saturated heterocycles. The van der Waals surface area contributed by atoms with Crippen molar-refractivity contribution in [3.05, 3.63) is 0 Å². The van der Waals surface area contributed by atoms with Gasteiger partial charge in [0.25, 0.3) is 0 Å². The topological polar surface area (TPSA) is 26.3 Å². The van der Waals surface area contributed by atoms with E-state index in [0.717, 1.165) is 24.7 Å². The summed E-state index contributed by atoms with van der Waals surface area (Å²) in [5.41, 5.74) is 0. The van der Waals surface area contributed by atoms with Crippen LogP contribution in [0.5, 0.6) is 0 Å². The Hall–Kier alpha value is -0.530. The van der Waals surface area contributed by atoms with Gasteiger partial charge in [-0.2, -0.15) is 0 Å². The molecule has 2 heteroatoms. The highest BCUT2D eigenvalue weighted by atomic mass is 16.5. The molecule has 0 aromatic carbocycles. The molecule has 2 aliphatic carbocycles. The third-order valence-electron chi connectivity index (χ3n) is 4.62. The van der Waals surface area contributed by atoms with E-state index in [1.807, 2.05) is 6.92 Å². The van der Waals surface area contributed by atoms with Crippen molar-refractivity contribution in [2.75, 3.05) is 0 Å². The van der Waals surface area contributed by atoms with Crippen molar-refractivity contribution in [2.24, 2.45) is 11.8 Å². The third kappa shape index (κ3) is 3.72. The molecule has 0 aliphatic heterocycles. The second kappa shape index (κ2) is 6.42. The quantitative estimate of drug-likeness (QED) is 0.692. The Bertz CT molecular complexity index is 235. The summed E-state index contributed by atoms with van der Waals surface area (Å²) in [6.45, 7) is 1.87. The first-order chi connectivity index (χ1) is 8.29. The minimum Gasteiger partial charge on any atom is -0.462 e. The number of ether oxygens (including phenoxy) is 1. The molecule has 2 rings (SSSR count). The van der Waals surface area contributed by atoms with Gasteiger partial charge in [0.15, 0.2) is 0 Å². The van der Waals surface area contributed by atoms with Crippen molar-refractivity contribution >= 4 is 5.97 Å². The summed E-state index contributed by atoms with van der Waals surface area (Å²) < 4.78 is 5.44. The molecule has 2 aliphatic rings. The lowest BCUT2D eigenvalue weighted by molar-refractivity contribution is -0.150. The Morgan fingerprint density at radius 2 is 1.53 bits per heavy atom. The molecule has 0 aromatic heterocycles. The van der Waals surface area contributed by atoms with Crippen LogP contribution in [0.25, 0.3) is 0 Å². The van der Waals surface area contributed by atoms with E-state index in [4.69, 9.17) is 4.74 Å². The van der Waals surface area contributed by atoms with Gasteiger partial charge >= 0.3 is 5.97 Å². The molecule has 98 valence electrons. The summed E-state index contributed by atoms with van der Waals surface area (Å²) in [7, 11) is 0. The monoisotopic (exact) mass is 238 g/mol. The van der Waals surface area contributed by atoms with Crippen LogP contribution in [0.3, 0.4) is 0 Å². The van der Waals surface area contributed by atoms with Crippen LogP contribution in [0.4, 0.5) is 0 Å². The van der Waals surface area contributed by atoms with Crippen LogP contribution >= 0.6 is 0 Å². The summed E-state index contributed by atoms with van der Waals surface area (Å²) in [5, 5.41) is 0. The molecule has 0 radical (unpaired) electrons. The molecule has 0 unspecified atom stereocenters. The van der Waals surface area contributed by atoms with Gasteiger partial charge in [-0.15, -0.1) is 0 Å². The van der Waals surface area contributed by atoms with Crippen molar-refractivity contribution in [2.45, 2.75) is 77.2 Å². The van der Waals surface area contributed by atoms with Crippen LogP contribution in [-0.4, -0.2) is 12.1 Å². The zero-order valence-electron chi connectivity index (χ0n) is 11.1.